The van der Waals surface area contributed by atoms with Crippen LogP contribution in [-0.2, 0) is 7.05 Å². The Bertz CT molecular complexity index is 809. The van der Waals surface area contributed by atoms with E-state index >= 15 is 0 Å². The van der Waals surface area contributed by atoms with Crippen molar-refractivity contribution < 1.29 is 10.2 Å². The van der Waals surface area contributed by atoms with Gasteiger partial charge in [0.25, 0.3) is 0 Å². The minimum absolute atomic E-state index is 0.0142. The number of pyridine rings is 1. The summed E-state index contributed by atoms with van der Waals surface area (Å²) in [6.45, 7) is 2.96. The third-order valence-corrected chi connectivity index (χ3v) is 5.30. The maximum absolute atomic E-state index is 10.5. The van der Waals surface area contributed by atoms with Crippen molar-refractivity contribution >= 4 is 6.08 Å². The predicted molar refractivity (Wildman–Crippen MR) is 92.8 cm³/mol. The third kappa shape index (κ3) is 2.23. The highest BCUT2D eigenvalue weighted by Gasteiger charge is 2.44. The summed E-state index contributed by atoms with van der Waals surface area (Å²) in [6, 6.07) is 6.14. The van der Waals surface area contributed by atoms with E-state index in [4.69, 9.17) is 0 Å². The van der Waals surface area contributed by atoms with Gasteiger partial charge in [-0.2, -0.15) is 0 Å². The van der Waals surface area contributed by atoms with Gasteiger partial charge >= 0.3 is 0 Å². The Labute approximate surface area is 141 Å². The third-order valence-electron chi connectivity index (χ3n) is 5.30. The van der Waals surface area contributed by atoms with Gasteiger partial charge in [0.2, 0.25) is 0 Å². The first-order valence-corrected chi connectivity index (χ1v) is 8.56. The number of nitrogens with zero attached hydrogens (tertiary/aromatic N) is 3. The van der Waals surface area contributed by atoms with Gasteiger partial charge in [0.05, 0.1) is 11.7 Å². The standard InChI is InChI=1S/C19H23N3O2/c1-12-6-5-7-13(20-12)9-10-15-17-16(18(23)21(2)19(17)24)14-8-3-4-11-22(14)15/h5-7,9-10,14-15,23-24H,3-4,8,11H2,1-2H3. The topological polar surface area (TPSA) is 61.5 Å². The molecule has 2 unspecified atom stereocenters. The van der Waals surface area contributed by atoms with Gasteiger partial charge in [0.15, 0.2) is 11.8 Å². The first-order chi connectivity index (χ1) is 11.6. The van der Waals surface area contributed by atoms with E-state index in [-0.39, 0.29) is 23.8 Å². The minimum Gasteiger partial charge on any atom is -0.494 e. The van der Waals surface area contributed by atoms with E-state index in [2.05, 4.69) is 16.0 Å². The van der Waals surface area contributed by atoms with E-state index in [1.165, 1.54) is 4.57 Å². The summed E-state index contributed by atoms with van der Waals surface area (Å²) in [5.74, 6) is 0.368. The van der Waals surface area contributed by atoms with Crippen molar-refractivity contribution in [2.45, 2.75) is 38.3 Å². The largest absolute Gasteiger partial charge is 0.494 e. The average molecular weight is 325 g/mol. The molecule has 0 radical (unpaired) electrons. The maximum atomic E-state index is 10.5. The molecule has 4 heterocycles. The van der Waals surface area contributed by atoms with Gasteiger partial charge in [-0.05, 0) is 44.5 Å². The summed E-state index contributed by atoms with van der Waals surface area (Å²) in [5.41, 5.74) is 3.66. The molecule has 2 aromatic heterocycles. The number of aromatic nitrogens is 2. The van der Waals surface area contributed by atoms with Crippen LogP contribution < -0.4 is 0 Å². The molecule has 0 aromatic carbocycles. The van der Waals surface area contributed by atoms with Crippen molar-refractivity contribution in [3.63, 3.8) is 0 Å². The average Bonchev–Trinajstić information content (AvgIpc) is 3.02. The quantitative estimate of drug-likeness (QED) is 0.888. The molecule has 0 bridgehead atoms. The minimum atomic E-state index is -0.0142. The van der Waals surface area contributed by atoms with E-state index < -0.39 is 0 Å². The molecule has 24 heavy (non-hydrogen) atoms. The molecule has 0 aliphatic carbocycles. The molecule has 126 valence electrons. The first-order valence-electron chi connectivity index (χ1n) is 8.56. The highest BCUT2D eigenvalue weighted by atomic mass is 16.3. The number of rotatable bonds is 2. The van der Waals surface area contributed by atoms with Crippen LogP contribution in [0, 0.1) is 6.92 Å². The molecular formula is C19H23N3O2. The Hall–Kier alpha value is -2.27. The Kier molecular flexibility index (Phi) is 3.61. The molecule has 1 fully saturated rings. The molecule has 0 saturated carbocycles. The Morgan fingerprint density at radius 3 is 2.75 bits per heavy atom. The van der Waals surface area contributed by atoms with Crippen LogP contribution in [0.3, 0.4) is 0 Å². The van der Waals surface area contributed by atoms with Crippen molar-refractivity contribution in [2.75, 3.05) is 6.54 Å². The van der Waals surface area contributed by atoms with Gasteiger partial charge in [0.1, 0.15) is 0 Å². The van der Waals surface area contributed by atoms with Gasteiger partial charge in [0, 0.05) is 29.9 Å². The molecule has 2 aliphatic rings. The van der Waals surface area contributed by atoms with Crippen LogP contribution >= 0.6 is 0 Å². The van der Waals surface area contributed by atoms with E-state index in [0.29, 0.717) is 0 Å². The monoisotopic (exact) mass is 325 g/mol. The molecule has 1 saturated heterocycles. The van der Waals surface area contributed by atoms with Crippen LogP contribution in [0.1, 0.15) is 53.9 Å². The van der Waals surface area contributed by atoms with Crippen LogP contribution in [0.15, 0.2) is 24.3 Å². The van der Waals surface area contributed by atoms with Crippen LogP contribution in [0.5, 0.6) is 11.8 Å². The zero-order chi connectivity index (χ0) is 16.8. The van der Waals surface area contributed by atoms with Gasteiger partial charge in [-0.3, -0.25) is 14.5 Å². The molecule has 5 nitrogen and oxygen atoms in total. The fraction of sp³-hybridized carbons (Fsp3) is 0.421. The number of piperidine rings is 1. The van der Waals surface area contributed by atoms with Gasteiger partial charge in [-0.25, -0.2) is 0 Å². The fourth-order valence-corrected chi connectivity index (χ4v) is 4.14. The molecule has 4 rings (SSSR count). The lowest BCUT2D eigenvalue weighted by molar-refractivity contribution is 0.138. The highest BCUT2D eigenvalue weighted by molar-refractivity contribution is 5.56. The molecular weight excluding hydrogens is 302 g/mol. The highest BCUT2D eigenvalue weighted by Crippen LogP contribution is 2.54. The molecule has 2 aliphatic heterocycles. The zero-order valence-electron chi connectivity index (χ0n) is 14.1. The van der Waals surface area contributed by atoms with Gasteiger partial charge in [-0.15, -0.1) is 0 Å². The van der Waals surface area contributed by atoms with E-state index in [9.17, 15) is 10.2 Å². The lowest BCUT2D eigenvalue weighted by Gasteiger charge is -2.33. The lowest BCUT2D eigenvalue weighted by Crippen LogP contribution is -2.30. The molecule has 0 spiro atoms. The fourth-order valence-electron chi connectivity index (χ4n) is 4.14. The molecule has 5 heteroatoms. The summed E-state index contributed by atoms with van der Waals surface area (Å²) in [7, 11) is 1.71. The summed E-state index contributed by atoms with van der Waals surface area (Å²) in [5, 5.41) is 21.0. The van der Waals surface area contributed by atoms with E-state index in [1.807, 2.05) is 31.2 Å². The van der Waals surface area contributed by atoms with E-state index in [0.717, 1.165) is 48.3 Å². The van der Waals surface area contributed by atoms with Crippen LogP contribution in [0.4, 0.5) is 0 Å². The van der Waals surface area contributed by atoms with Crippen LogP contribution in [0.25, 0.3) is 6.08 Å². The predicted octanol–water partition coefficient (Wildman–Crippen LogP) is 3.43. The Morgan fingerprint density at radius 2 is 1.96 bits per heavy atom. The lowest BCUT2D eigenvalue weighted by atomic mass is 9.99. The van der Waals surface area contributed by atoms with Crippen molar-refractivity contribution in [3.05, 3.63) is 46.8 Å². The van der Waals surface area contributed by atoms with E-state index in [1.54, 1.807) is 7.05 Å². The number of fused-ring (bicyclic) bond motifs is 3. The smallest absolute Gasteiger partial charge is 0.199 e. The number of hydrogen-bond donors (Lipinski definition) is 2. The van der Waals surface area contributed by atoms with Gasteiger partial charge in [-0.1, -0.05) is 18.6 Å². The number of aromatic hydroxyl groups is 2. The van der Waals surface area contributed by atoms with Crippen molar-refractivity contribution in [3.8, 4) is 11.8 Å². The summed E-state index contributed by atoms with van der Waals surface area (Å²) in [4.78, 5) is 6.91. The Morgan fingerprint density at radius 1 is 1.17 bits per heavy atom. The van der Waals surface area contributed by atoms with Crippen molar-refractivity contribution in [2.24, 2.45) is 7.05 Å². The van der Waals surface area contributed by atoms with Crippen LogP contribution in [-0.4, -0.2) is 31.2 Å². The second-order valence-electron chi connectivity index (χ2n) is 6.79. The SMILES string of the molecule is Cc1cccc(C=CC2c3c(c(O)n(C)c3O)C3CCCCN23)n1. The molecule has 2 N–H and O–H groups in total. The second kappa shape index (κ2) is 5.67. The van der Waals surface area contributed by atoms with Crippen molar-refractivity contribution in [1.82, 2.24) is 14.5 Å². The Balaban J connectivity index is 1.76. The van der Waals surface area contributed by atoms with Crippen LogP contribution in [0.2, 0.25) is 0 Å². The molecule has 2 aromatic rings. The second-order valence-corrected chi connectivity index (χ2v) is 6.79. The molecule has 0 amide bonds. The number of hydrogen-bond acceptors (Lipinski definition) is 4. The summed E-state index contributed by atoms with van der Waals surface area (Å²) >= 11 is 0. The number of aryl methyl sites for hydroxylation is 1. The van der Waals surface area contributed by atoms with Crippen molar-refractivity contribution in [1.29, 1.82) is 0 Å². The zero-order valence-corrected chi connectivity index (χ0v) is 14.1. The summed E-state index contributed by atoms with van der Waals surface area (Å²) < 4.78 is 1.49. The first kappa shape index (κ1) is 15.3. The molecule has 2 atom stereocenters. The van der Waals surface area contributed by atoms with Gasteiger partial charge < -0.3 is 10.2 Å². The normalized spacial score (nSPS) is 23.6. The summed E-state index contributed by atoms with van der Waals surface area (Å²) in [6.07, 6.45) is 7.46. The maximum Gasteiger partial charge on any atom is 0.199 e.